The number of ketones is 1. The van der Waals surface area contributed by atoms with Crippen LogP contribution >= 0.6 is 0 Å². The van der Waals surface area contributed by atoms with Gasteiger partial charge in [0.25, 0.3) is 0 Å². The van der Waals surface area contributed by atoms with Crippen LogP contribution in [0.2, 0.25) is 0 Å². The van der Waals surface area contributed by atoms with Gasteiger partial charge in [-0.2, -0.15) is 0 Å². The Hall–Kier alpha value is -1.31. The molecule has 0 fully saturated rings. The molecule has 12 heavy (non-hydrogen) atoms. The monoisotopic (exact) mass is 162 g/mol. The van der Waals surface area contributed by atoms with E-state index < -0.39 is 0 Å². The Balaban J connectivity index is 2.44. The van der Waals surface area contributed by atoms with E-state index in [9.17, 15) is 4.79 Å². The number of rotatable bonds is 0. The van der Waals surface area contributed by atoms with Crippen LogP contribution in [0.1, 0.15) is 17.5 Å². The number of Topliss-reactive ketones (excluding diaryl/α,β-unsaturated/α-hetero) is 1. The number of fused-ring (bicyclic) bond motifs is 1. The molecule has 0 spiro atoms. The molecule has 0 amide bonds. The van der Waals surface area contributed by atoms with Crippen LogP contribution in [0.4, 0.5) is 0 Å². The summed E-state index contributed by atoms with van der Waals surface area (Å²) in [6.07, 6.45) is 1.97. The quantitative estimate of drug-likeness (QED) is 0.627. The summed E-state index contributed by atoms with van der Waals surface area (Å²) < 4.78 is 0. The zero-order valence-corrected chi connectivity index (χ0v) is 6.71. The average Bonchev–Trinajstić information content (AvgIpc) is 2.03. The molecule has 2 heteroatoms. The third-order valence-corrected chi connectivity index (χ3v) is 2.25. The zero-order valence-electron chi connectivity index (χ0n) is 6.71. The van der Waals surface area contributed by atoms with Crippen LogP contribution in [0.3, 0.4) is 0 Å². The minimum atomic E-state index is 0.253. The lowest BCUT2D eigenvalue weighted by atomic mass is 9.91. The zero-order chi connectivity index (χ0) is 8.55. The van der Waals surface area contributed by atoms with Crippen molar-refractivity contribution in [2.45, 2.75) is 19.3 Å². The summed E-state index contributed by atoms with van der Waals surface area (Å²) in [5, 5.41) is 9.16. The molecular formula is C10H10O2. The average molecular weight is 162 g/mol. The number of hydrogen-bond acceptors (Lipinski definition) is 2. The van der Waals surface area contributed by atoms with E-state index in [1.807, 2.05) is 6.07 Å². The van der Waals surface area contributed by atoms with Gasteiger partial charge in [-0.25, -0.2) is 0 Å². The third-order valence-electron chi connectivity index (χ3n) is 2.25. The summed E-state index contributed by atoms with van der Waals surface area (Å²) in [6.45, 7) is 0. The van der Waals surface area contributed by atoms with E-state index in [0.29, 0.717) is 12.8 Å². The highest BCUT2D eigenvalue weighted by atomic mass is 16.3. The molecule has 1 aliphatic carbocycles. The van der Waals surface area contributed by atoms with Gasteiger partial charge in [-0.15, -0.1) is 0 Å². The van der Waals surface area contributed by atoms with Gasteiger partial charge in [0.2, 0.25) is 0 Å². The fraction of sp³-hybridized carbons (Fsp3) is 0.300. The van der Waals surface area contributed by atoms with Gasteiger partial charge in [0.15, 0.2) is 0 Å². The van der Waals surface area contributed by atoms with Crippen molar-refractivity contribution in [1.82, 2.24) is 0 Å². The van der Waals surface area contributed by atoms with Gasteiger partial charge in [0.05, 0.1) is 0 Å². The number of carbonyl (C=O) groups is 1. The minimum Gasteiger partial charge on any atom is -0.508 e. The first-order valence-electron chi connectivity index (χ1n) is 4.08. The second kappa shape index (κ2) is 2.63. The molecule has 62 valence electrons. The Morgan fingerprint density at radius 3 is 2.83 bits per heavy atom. The summed E-state index contributed by atoms with van der Waals surface area (Å²) in [6, 6.07) is 5.26. The molecule has 1 aliphatic rings. The summed E-state index contributed by atoms with van der Waals surface area (Å²) in [4.78, 5) is 11.1. The molecule has 0 saturated carbocycles. The maximum absolute atomic E-state index is 11.1. The topological polar surface area (TPSA) is 37.3 Å². The first-order chi connectivity index (χ1) is 5.75. The van der Waals surface area contributed by atoms with E-state index in [2.05, 4.69) is 0 Å². The highest BCUT2D eigenvalue weighted by Crippen LogP contribution is 2.22. The fourth-order valence-corrected chi connectivity index (χ4v) is 1.60. The molecule has 0 aromatic heterocycles. The lowest BCUT2D eigenvalue weighted by Crippen LogP contribution is -2.12. The van der Waals surface area contributed by atoms with Crippen molar-refractivity contribution in [3.63, 3.8) is 0 Å². The van der Waals surface area contributed by atoms with Gasteiger partial charge in [-0.1, -0.05) is 6.07 Å². The van der Waals surface area contributed by atoms with Gasteiger partial charge >= 0.3 is 0 Å². The number of phenols is 1. The first-order valence-corrected chi connectivity index (χ1v) is 4.08. The van der Waals surface area contributed by atoms with Gasteiger partial charge in [0.1, 0.15) is 11.5 Å². The van der Waals surface area contributed by atoms with Gasteiger partial charge in [-0.05, 0) is 29.7 Å². The summed E-state index contributed by atoms with van der Waals surface area (Å²) in [7, 11) is 0. The maximum atomic E-state index is 11.1. The standard InChI is InChI=1S/C10H10O2/c11-9-3-1-7-2-4-10(12)6-8(7)5-9/h1,3,5,11H,2,4,6H2. The molecule has 1 aromatic rings. The predicted molar refractivity (Wildman–Crippen MR) is 45.1 cm³/mol. The lowest BCUT2D eigenvalue weighted by molar-refractivity contribution is -0.118. The van der Waals surface area contributed by atoms with Crippen molar-refractivity contribution in [2.75, 3.05) is 0 Å². The molecule has 1 N–H and O–H groups in total. The highest BCUT2D eigenvalue weighted by molar-refractivity contribution is 5.83. The van der Waals surface area contributed by atoms with Crippen molar-refractivity contribution in [3.8, 4) is 5.75 Å². The molecule has 2 rings (SSSR count). The summed E-state index contributed by atoms with van der Waals surface area (Å²) >= 11 is 0. The van der Waals surface area contributed by atoms with Crippen LogP contribution < -0.4 is 0 Å². The van der Waals surface area contributed by atoms with Gasteiger partial charge in [0, 0.05) is 12.8 Å². The number of hydrogen-bond donors (Lipinski definition) is 1. The normalized spacial score (nSPS) is 15.8. The first kappa shape index (κ1) is 7.35. The Morgan fingerprint density at radius 1 is 1.17 bits per heavy atom. The van der Waals surface area contributed by atoms with Crippen molar-refractivity contribution >= 4 is 5.78 Å². The van der Waals surface area contributed by atoms with Crippen molar-refractivity contribution in [1.29, 1.82) is 0 Å². The number of aryl methyl sites for hydroxylation is 1. The number of benzene rings is 1. The lowest BCUT2D eigenvalue weighted by Gasteiger charge is -2.14. The minimum absolute atomic E-state index is 0.253. The molecular weight excluding hydrogens is 152 g/mol. The molecule has 0 atom stereocenters. The van der Waals surface area contributed by atoms with E-state index in [1.165, 1.54) is 5.56 Å². The van der Waals surface area contributed by atoms with Crippen molar-refractivity contribution < 1.29 is 9.90 Å². The number of phenolic OH excluding ortho intramolecular Hbond substituents is 1. The SMILES string of the molecule is O=C1CCc2ccc(O)cc2C1. The second-order valence-corrected chi connectivity index (χ2v) is 3.17. The predicted octanol–water partition coefficient (Wildman–Crippen LogP) is 1.45. The van der Waals surface area contributed by atoms with E-state index in [4.69, 9.17) is 5.11 Å². The molecule has 0 bridgehead atoms. The van der Waals surface area contributed by atoms with Crippen LogP contribution in [0, 0.1) is 0 Å². The van der Waals surface area contributed by atoms with Crippen LogP contribution in [-0.2, 0) is 17.6 Å². The van der Waals surface area contributed by atoms with Crippen LogP contribution in [-0.4, -0.2) is 10.9 Å². The largest absolute Gasteiger partial charge is 0.508 e. The molecule has 0 radical (unpaired) electrons. The maximum Gasteiger partial charge on any atom is 0.137 e. The summed E-state index contributed by atoms with van der Waals surface area (Å²) in [5.74, 6) is 0.525. The number of aromatic hydroxyl groups is 1. The molecule has 0 aliphatic heterocycles. The fourth-order valence-electron chi connectivity index (χ4n) is 1.60. The molecule has 1 aromatic carbocycles. The third kappa shape index (κ3) is 1.20. The van der Waals surface area contributed by atoms with E-state index >= 15 is 0 Å². The Bertz CT molecular complexity index is 329. The Morgan fingerprint density at radius 2 is 2.00 bits per heavy atom. The van der Waals surface area contributed by atoms with Gasteiger partial charge < -0.3 is 5.11 Å². The Labute approximate surface area is 70.8 Å². The van der Waals surface area contributed by atoms with Crippen LogP contribution in [0.25, 0.3) is 0 Å². The van der Waals surface area contributed by atoms with Crippen molar-refractivity contribution in [3.05, 3.63) is 29.3 Å². The smallest absolute Gasteiger partial charge is 0.137 e. The molecule has 0 unspecified atom stereocenters. The summed E-state index contributed by atoms with van der Waals surface area (Å²) in [5.41, 5.74) is 2.19. The van der Waals surface area contributed by atoms with E-state index in [-0.39, 0.29) is 11.5 Å². The van der Waals surface area contributed by atoms with Crippen LogP contribution in [0.5, 0.6) is 5.75 Å². The number of carbonyl (C=O) groups excluding carboxylic acids is 1. The Kier molecular flexibility index (Phi) is 1.61. The second-order valence-electron chi connectivity index (χ2n) is 3.17. The molecule has 2 nitrogen and oxygen atoms in total. The highest BCUT2D eigenvalue weighted by Gasteiger charge is 2.15. The molecule has 0 saturated heterocycles. The molecule has 0 heterocycles. The van der Waals surface area contributed by atoms with E-state index in [0.717, 1.165) is 12.0 Å². The van der Waals surface area contributed by atoms with Crippen LogP contribution in [0.15, 0.2) is 18.2 Å². The van der Waals surface area contributed by atoms with E-state index in [1.54, 1.807) is 12.1 Å². The van der Waals surface area contributed by atoms with Crippen molar-refractivity contribution in [2.24, 2.45) is 0 Å². The van der Waals surface area contributed by atoms with Gasteiger partial charge in [-0.3, -0.25) is 4.79 Å².